The van der Waals surface area contributed by atoms with Crippen LogP contribution in [-0.2, 0) is 4.79 Å². The number of aliphatic hydroxyl groups is 1. The van der Waals surface area contributed by atoms with Crippen LogP contribution in [0.1, 0.15) is 36.4 Å². The van der Waals surface area contributed by atoms with Gasteiger partial charge in [-0.1, -0.05) is 12.1 Å². The van der Waals surface area contributed by atoms with E-state index in [9.17, 15) is 15.2 Å². The number of anilines is 2. The first kappa shape index (κ1) is 22.3. The van der Waals surface area contributed by atoms with E-state index in [0.29, 0.717) is 43.9 Å². The number of hydrogen-bond donors (Lipinski definition) is 4. The highest BCUT2D eigenvalue weighted by Crippen LogP contribution is 2.28. The summed E-state index contributed by atoms with van der Waals surface area (Å²) in [6.45, 7) is 0.818. The van der Waals surface area contributed by atoms with Crippen LogP contribution in [0.15, 0.2) is 30.6 Å². The van der Waals surface area contributed by atoms with Crippen molar-refractivity contribution in [1.82, 2.24) is 15.3 Å². The molecule has 10 nitrogen and oxygen atoms in total. The number of carbonyl (C=O) groups excluding carboxylic acids is 1. The molecule has 164 valence electrons. The number of hydrogen-bond acceptors (Lipinski definition) is 9. The lowest BCUT2D eigenvalue weighted by molar-refractivity contribution is -0.128. The monoisotopic (exact) mass is 425 g/mol. The van der Waals surface area contributed by atoms with Crippen molar-refractivity contribution >= 4 is 17.5 Å². The fraction of sp³-hybridized carbons (Fsp3) is 0.429. The van der Waals surface area contributed by atoms with Gasteiger partial charge in [0, 0.05) is 19.7 Å². The van der Waals surface area contributed by atoms with E-state index < -0.39 is 5.54 Å². The highest BCUT2D eigenvalue weighted by atomic mass is 16.5. The van der Waals surface area contributed by atoms with Crippen LogP contribution in [0.2, 0.25) is 0 Å². The third kappa shape index (κ3) is 4.84. The fourth-order valence-corrected chi connectivity index (χ4v) is 3.67. The Hall–Kier alpha value is -3.42. The predicted octanol–water partition coefficient (Wildman–Crippen LogP) is 0.477. The van der Waals surface area contributed by atoms with Gasteiger partial charge >= 0.3 is 0 Å². The first-order valence-electron chi connectivity index (χ1n) is 10.0. The van der Waals surface area contributed by atoms with Gasteiger partial charge < -0.3 is 31.5 Å². The second-order valence-electron chi connectivity index (χ2n) is 7.52. The van der Waals surface area contributed by atoms with E-state index >= 15 is 0 Å². The molecule has 1 unspecified atom stereocenters. The Bertz CT molecular complexity index is 950. The summed E-state index contributed by atoms with van der Waals surface area (Å²) in [5.41, 5.74) is 12.3. The van der Waals surface area contributed by atoms with Crippen molar-refractivity contribution in [3.8, 4) is 11.8 Å². The number of amides is 1. The molecule has 0 saturated carbocycles. The number of aliphatic hydroxyl groups excluding tert-OH is 1. The quantitative estimate of drug-likeness (QED) is 0.494. The average molecular weight is 425 g/mol. The van der Waals surface area contributed by atoms with Crippen molar-refractivity contribution < 1.29 is 14.6 Å². The Morgan fingerprint density at radius 1 is 1.35 bits per heavy atom. The van der Waals surface area contributed by atoms with Crippen LogP contribution < -0.4 is 26.4 Å². The second-order valence-corrected chi connectivity index (χ2v) is 7.52. The molecule has 6 N–H and O–H groups in total. The largest absolute Gasteiger partial charge is 0.497 e. The number of nitrogens with two attached hydrogens (primary N) is 2. The van der Waals surface area contributed by atoms with E-state index in [1.165, 1.54) is 6.33 Å². The minimum Gasteiger partial charge on any atom is -0.497 e. The van der Waals surface area contributed by atoms with E-state index in [4.69, 9.17) is 16.2 Å². The maximum atomic E-state index is 13.1. The number of benzene rings is 1. The SMILES string of the molecule is COc1ccc(C(CCO)NC(=O)C2(N)CCN(c3ncnc(N)c3C#N)CC2)cc1. The number of nitrogens with zero attached hydrogens (tertiary/aromatic N) is 4. The molecule has 2 aromatic rings. The molecule has 1 aliphatic rings. The van der Waals surface area contributed by atoms with Gasteiger partial charge in [0.1, 0.15) is 29.5 Å². The van der Waals surface area contributed by atoms with Crippen molar-refractivity contribution in [2.24, 2.45) is 5.73 Å². The predicted molar refractivity (Wildman–Crippen MR) is 115 cm³/mol. The maximum Gasteiger partial charge on any atom is 0.240 e. The third-order valence-corrected chi connectivity index (χ3v) is 5.62. The van der Waals surface area contributed by atoms with Crippen LogP contribution in [0.3, 0.4) is 0 Å². The third-order valence-electron chi connectivity index (χ3n) is 5.62. The summed E-state index contributed by atoms with van der Waals surface area (Å²) in [7, 11) is 1.59. The molecule has 3 rings (SSSR count). The van der Waals surface area contributed by atoms with Gasteiger partial charge in [0.2, 0.25) is 5.91 Å². The minimum absolute atomic E-state index is 0.0750. The molecule has 0 radical (unpaired) electrons. The lowest BCUT2D eigenvalue weighted by Crippen LogP contribution is -2.60. The number of rotatable bonds is 7. The first-order chi connectivity index (χ1) is 14.9. The smallest absolute Gasteiger partial charge is 0.240 e. The maximum absolute atomic E-state index is 13.1. The van der Waals surface area contributed by atoms with Crippen molar-refractivity contribution in [3.63, 3.8) is 0 Å². The van der Waals surface area contributed by atoms with Gasteiger partial charge in [0.05, 0.1) is 18.7 Å². The molecule has 0 spiro atoms. The summed E-state index contributed by atoms with van der Waals surface area (Å²) in [5.74, 6) is 1.02. The van der Waals surface area contributed by atoms with Crippen molar-refractivity contribution in [2.75, 3.05) is 37.4 Å². The molecule has 1 atom stereocenters. The molecule has 1 aromatic carbocycles. The van der Waals surface area contributed by atoms with E-state index in [0.717, 1.165) is 5.56 Å². The highest BCUT2D eigenvalue weighted by molar-refractivity contribution is 5.87. The Morgan fingerprint density at radius 2 is 2.03 bits per heavy atom. The number of nitriles is 1. The second kappa shape index (κ2) is 9.59. The fourth-order valence-electron chi connectivity index (χ4n) is 3.67. The van der Waals surface area contributed by atoms with E-state index in [-0.39, 0.29) is 29.9 Å². The van der Waals surface area contributed by atoms with E-state index in [2.05, 4.69) is 15.3 Å². The molecule has 2 heterocycles. The number of nitrogen functional groups attached to an aromatic ring is 1. The topological polar surface area (TPSA) is 163 Å². The summed E-state index contributed by atoms with van der Waals surface area (Å²) in [4.78, 5) is 23.0. The Kier molecular flexibility index (Phi) is 6.89. The summed E-state index contributed by atoms with van der Waals surface area (Å²) >= 11 is 0. The Labute approximate surface area is 180 Å². The van der Waals surface area contributed by atoms with Crippen LogP contribution in [0, 0.1) is 11.3 Å². The van der Waals surface area contributed by atoms with Crippen molar-refractivity contribution in [2.45, 2.75) is 30.8 Å². The molecule has 1 amide bonds. The lowest BCUT2D eigenvalue weighted by Gasteiger charge is -2.39. The first-order valence-corrected chi connectivity index (χ1v) is 10.0. The van der Waals surface area contributed by atoms with Gasteiger partial charge in [0.25, 0.3) is 0 Å². The summed E-state index contributed by atoms with van der Waals surface area (Å²) in [6, 6.07) is 9.00. The number of piperidine rings is 1. The summed E-state index contributed by atoms with van der Waals surface area (Å²) < 4.78 is 5.17. The zero-order valence-electron chi connectivity index (χ0n) is 17.4. The van der Waals surface area contributed by atoms with E-state index in [1.807, 2.05) is 35.2 Å². The number of aromatic nitrogens is 2. The van der Waals surface area contributed by atoms with Crippen molar-refractivity contribution in [3.05, 3.63) is 41.7 Å². The number of nitrogens with one attached hydrogen (secondary N) is 1. The van der Waals surface area contributed by atoms with Crippen LogP contribution in [0.5, 0.6) is 5.75 Å². The number of methoxy groups -OCH3 is 1. The molecule has 1 aromatic heterocycles. The zero-order valence-corrected chi connectivity index (χ0v) is 17.4. The van der Waals surface area contributed by atoms with Gasteiger partial charge in [-0.25, -0.2) is 9.97 Å². The van der Waals surface area contributed by atoms with Gasteiger partial charge in [-0.05, 0) is 37.0 Å². The Morgan fingerprint density at radius 3 is 2.61 bits per heavy atom. The van der Waals surface area contributed by atoms with Crippen LogP contribution in [-0.4, -0.2) is 53.3 Å². The standard InChI is InChI=1S/C21H27N7O3/c1-31-15-4-2-14(3-5-15)17(6-11-29)27-20(30)21(24)7-9-28(10-8-21)19-16(12-22)18(23)25-13-26-19/h2-5,13,17,29H,6-11,24H2,1H3,(H,27,30)(H2,23,25,26). The molecule has 31 heavy (non-hydrogen) atoms. The van der Waals surface area contributed by atoms with Gasteiger partial charge in [-0.3, -0.25) is 4.79 Å². The normalized spacial score (nSPS) is 16.3. The highest BCUT2D eigenvalue weighted by Gasteiger charge is 2.39. The van der Waals surface area contributed by atoms with Crippen LogP contribution in [0.25, 0.3) is 0 Å². The molecule has 0 bridgehead atoms. The van der Waals surface area contributed by atoms with Gasteiger partial charge in [-0.15, -0.1) is 0 Å². The molecular formula is C21H27N7O3. The van der Waals surface area contributed by atoms with Crippen molar-refractivity contribution in [1.29, 1.82) is 5.26 Å². The molecule has 1 fully saturated rings. The Balaban J connectivity index is 1.69. The summed E-state index contributed by atoms with van der Waals surface area (Å²) in [6.07, 6.45) is 2.44. The molecule has 1 aliphatic heterocycles. The van der Waals surface area contributed by atoms with Gasteiger partial charge in [-0.2, -0.15) is 5.26 Å². The molecule has 10 heteroatoms. The zero-order chi connectivity index (χ0) is 22.4. The van der Waals surface area contributed by atoms with Crippen LogP contribution >= 0.6 is 0 Å². The molecule has 0 aliphatic carbocycles. The minimum atomic E-state index is -1.07. The van der Waals surface area contributed by atoms with Crippen LogP contribution in [0.4, 0.5) is 11.6 Å². The number of carbonyl (C=O) groups is 1. The lowest BCUT2D eigenvalue weighted by atomic mass is 9.86. The molecule has 1 saturated heterocycles. The summed E-state index contributed by atoms with van der Waals surface area (Å²) in [5, 5.41) is 21.8. The number of ether oxygens (including phenoxy) is 1. The van der Waals surface area contributed by atoms with Gasteiger partial charge in [0.15, 0.2) is 5.82 Å². The average Bonchev–Trinajstić information content (AvgIpc) is 2.79. The van der Waals surface area contributed by atoms with E-state index in [1.54, 1.807) is 7.11 Å². The molecular weight excluding hydrogens is 398 g/mol.